The highest BCUT2D eigenvalue weighted by Crippen LogP contribution is 2.64. The molecule has 190 valence electrons. The second-order valence-electron chi connectivity index (χ2n) is 6.52. The van der Waals surface area contributed by atoms with Gasteiger partial charge >= 0.3 is 47.6 Å². The molecule has 0 bridgehead atoms. The fourth-order valence-corrected chi connectivity index (χ4v) is 2.42. The largest absolute Gasteiger partial charge is 0.460 e. The third kappa shape index (κ3) is 3.43. The van der Waals surface area contributed by atoms with E-state index in [1.54, 1.807) is 0 Å². The number of hydrogen-bond acceptors (Lipinski definition) is 1. The van der Waals surface area contributed by atoms with E-state index in [0.29, 0.717) is 0 Å². The van der Waals surface area contributed by atoms with Gasteiger partial charge in [-0.3, -0.25) is 4.79 Å². The maximum Gasteiger partial charge on any atom is 0.460 e. The third-order valence-electron chi connectivity index (χ3n) is 4.38. The number of amides is 1. The number of alkyl halides is 17. The average molecular weight is 517 g/mol. The van der Waals surface area contributed by atoms with Gasteiger partial charge in [0.15, 0.2) is 0 Å². The fraction of sp³-hybridized carbons (Fsp3) is 0.923. The van der Waals surface area contributed by atoms with Crippen molar-refractivity contribution in [2.45, 2.75) is 60.5 Å². The summed E-state index contributed by atoms with van der Waals surface area (Å²) in [6.07, 6.45) is -8.17. The summed E-state index contributed by atoms with van der Waals surface area (Å²) >= 11 is 0. The summed E-state index contributed by atoms with van der Waals surface area (Å²) < 4.78 is 222. The van der Waals surface area contributed by atoms with Crippen LogP contribution in [0.2, 0.25) is 0 Å². The Balaban J connectivity index is 3.59. The van der Waals surface area contributed by atoms with Gasteiger partial charge in [0, 0.05) is 13.1 Å². The Kier molecular flexibility index (Phi) is 6.54. The van der Waals surface area contributed by atoms with E-state index in [4.69, 9.17) is 0 Å². The van der Waals surface area contributed by atoms with Crippen LogP contribution in [0.5, 0.6) is 0 Å². The Bertz CT molecular complexity index is 718. The first-order valence-electron chi connectivity index (χ1n) is 7.77. The van der Waals surface area contributed by atoms with E-state index in [9.17, 15) is 79.4 Å². The summed E-state index contributed by atoms with van der Waals surface area (Å²) in [5.74, 6) is -60.9. The maximum absolute atomic E-state index is 13.7. The Labute approximate surface area is 165 Å². The summed E-state index contributed by atoms with van der Waals surface area (Å²) in [5, 5.41) is 0. The molecule has 0 spiro atoms. The third-order valence-corrected chi connectivity index (χ3v) is 4.38. The van der Waals surface area contributed by atoms with Crippen LogP contribution in [-0.2, 0) is 4.79 Å². The van der Waals surface area contributed by atoms with Crippen LogP contribution in [0.3, 0.4) is 0 Å². The van der Waals surface area contributed by atoms with Gasteiger partial charge in [0.1, 0.15) is 0 Å². The normalized spacial score (nSPS) is 18.3. The molecule has 0 unspecified atom stereocenters. The molecule has 0 saturated carbocycles. The van der Waals surface area contributed by atoms with Gasteiger partial charge in [-0.15, -0.1) is 0 Å². The van der Waals surface area contributed by atoms with Crippen LogP contribution in [0.15, 0.2) is 0 Å². The van der Waals surface area contributed by atoms with Gasteiger partial charge in [0.2, 0.25) is 0 Å². The first-order chi connectivity index (χ1) is 13.8. The number of likely N-dealkylation sites (tertiary alicyclic amines) is 1. The van der Waals surface area contributed by atoms with Crippen LogP contribution >= 0.6 is 0 Å². The molecule has 2 nitrogen and oxygen atoms in total. The molecule has 1 fully saturated rings. The molecule has 1 aliphatic rings. The first-order valence-corrected chi connectivity index (χ1v) is 7.77. The molecule has 1 aliphatic heterocycles. The van der Waals surface area contributed by atoms with E-state index in [1.165, 1.54) is 0 Å². The van der Waals surface area contributed by atoms with E-state index in [-0.39, 0.29) is 17.7 Å². The minimum Gasteiger partial charge on any atom is -0.337 e. The monoisotopic (exact) mass is 517 g/mol. The van der Waals surface area contributed by atoms with E-state index >= 15 is 0 Å². The molecule has 0 aliphatic carbocycles. The number of hydrogen-bond donors (Lipinski definition) is 0. The van der Waals surface area contributed by atoms with Crippen LogP contribution in [-0.4, -0.2) is 71.5 Å². The van der Waals surface area contributed by atoms with Crippen molar-refractivity contribution in [1.29, 1.82) is 0 Å². The zero-order chi connectivity index (χ0) is 26.0. The van der Waals surface area contributed by atoms with E-state index in [1.807, 2.05) is 0 Å². The average Bonchev–Trinajstić information content (AvgIpc) is 3.13. The van der Waals surface area contributed by atoms with Crippen LogP contribution in [0.4, 0.5) is 74.6 Å². The maximum atomic E-state index is 13.7. The van der Waals surface area contributed by atoms with Crippen molar-refractivity contribution in [2.24, 2.45) is 0 Å². The Morgan fingerprint density at radius 2 is 0.750 bits per heavy atom. The van der Waals surface area contributed by atoms with Crippen LogP contribution in [0.1, 0.15) is 12.8 Å². The molecule has 1 amide bonds. The van der Waals surface area contributed by atoms with Gasteiger partial charge in [0.25, 0.3) is 5.91 Å². The standard InChI is InChI=1S/C13H8F17NO/c14-6(15,5(32)31-3-1-2-4-31)7(16,17)8(18,19)9(20,21)10(22,23)11(24,25)12(26,27)13(28,29)30/h1-4H2. The van der Waals surface area contributed by atoms with Gasteiger partial charge in [-0.2, -0.15) is 74.6 Å². The minimum absolute atomic E-state index is 0.184. The predicted molar refractivity (Wildman–Crippen MR) is 66.5 cm³/mol. The molecule has 0 N–H and O–H groups in total. The highest BCUT2D eigenvalue weighted by molar-refractivity contribution is 5.85. The topological polar surface area (TPSA) is 20.3 Å². The number of carbonyl (C=O) groups is 1. The summed E-state index contributed by atoms with van der Waals surface area (Å²) in [4.78, 5) is 11.0. The lowest BCUT2D eigenvalue weighted by Gasteiger charge is -2.42. The molecular formula is C13H8F17NO. The zero-order valence-electron chi connectivity index (χ0n) is 14.6. The second-order valence-corrected chi connectivity index (χ2v) is 6.52. The van der Waals surface area contributed by atoms with E-state index in [0.717, 1.165) is 0 Å². The first kappa shape index (κ1) is 28.3. The van der Waals surface area contributed by atoms with Gasteiger partial charge < -0.3 is 4.90 Å². The lowest BCUT2D eigenvalue weighted by Crippen LogP contribution is -2.75. The second kappa shape index (κ2) is 7.39. The van der Waals surface area contributed by atoms with Gasteiger partial charge in [0.05, 0.1) is 0 Å². The Hall–Kier alpha value is -1.72. The van der Waals surface area contributed by atoms with Crippen molar-refractivity contribution in [3.8, 4) is 0 Å². The SMILES string of the molecule is O=C(N1CCCC1)C(F)(F)C(F)(F)C(F)(F)C(F)(F)C(F)(F)C(F)(F)C(F)(F)C(F)(F)F. The minimum atomic E-state index is -8.70. The molecule has 19 heteroatoms. The van der Waals surface area contributed by atoms with Crippen LogP contribution in [0, 0.1) is 0 Å². The lowest BCUT2D eigenvalue weighted by molar-refractivity contribution is -0.459. The van der Waals surface area contributed by atoms with Gasteiger partial charge in [-0.1, -0.05) is 0 Å². The number of nitrogens with zero attached hydrogens (tertiary/aromatic N) is 1. The summed E-state index contributed by atoms with van der Waals surface area (Å²) in [7, 11) is 0. The molecule has 1 heterocycles. The summed E-state index contributed by atoms with van der Waals surface area (Å²) in [5.41, 5.74) is 0. The fourth-order valence-electron chi connectivity index (χ4n) is 2.42. The van der Waals surface area contributed by atoms with Crippen molar-refractivity contribution in [3.05, 3.63) is 0 Å². The van der Waals surface area contributed by atoms with Crippen molar-refractivity contribution in [1.82, 2.24) is 4.90 Å². The smallest absolute Gasteiger partial charge is 0.337 e. The van der Waals surface area contributed by atoms with Crippen molar-refractivity contribution in [2.75, 3.05) is 13.1 Å². The summed E-state index contributed by atoms with van der Waals surface area (Å²) in [6, 6.07) is 0. The number of carbonyl (C=O) groups excluding carboxylic acids is 1. The molecule has 0 atom stereocenters. The molecule has 1 rings (SSSR count). The van der Waals surface area contributed by atoms with Crippen molar-refractivity contribution in [3.63, 3.8) is 0 Å². The molecular weight excluding hydrogens is 509 g/mol. The molecule has 1 saturated heterocycles. The molecule has 0 radical (unpaired) electrons. The summed E-state index contributed by atoms with van der Waals surface area (Å²) in [6.45, 7) is -1.64. The Morgan fingerprint density at radius 3 is 1.06 bits per heavy atom. The predicted octanol–water partition coefficient (Wildman–Crippen LogP) is 5.62. The molecule has 0 aromatic carbocycles. The van der Waals surface area contributed by atoms with Crippen LogP contribution < -0.4 is 0 Å². The van der Waals surface area contributed by atoms with Crippen molar-refractivity contribution < 1.29 is 79.4 Å². The van der Waals surface area contributed by atoms with Crippen molar-refractivity contribution >= 4 is 5.91 Å². The van der Waals surface area contributed by atoms with Crippen LogP contribution in [0.25, 0.3) is 0 Å². The van der Waals surface area contributed by atoms with Gasteiger partial charge in [-0.05, 0) is 12.8 Å². The quantitative estimate of drug-likeness (QED) is 0.402. The highest BCUT2D eigenvalue weighted by Gasteiger charge is 2.95. The Morgan fingerprint density at radius 1 is 0.469 bits per heavy atom. The van der Waals surface area contributed by atoms with Gasteiger partial charge in [-0.25, -0.2) is 0 Å². The molecule has 0 aromatic heterocycles. The van der Waals surface area contributed by atoms with E-state index in [2.05, 4.69) is 0 Å². The molecule has 32 heavy (non-hydrogen) atoms. The molecule has 0 aromatic rings. The zero-order valence-corrected chi connectivity index (χ0v) is 14.6. The van der Waals surface area contributed by atoms with E-state index < -0.39 is 66.6 Å². The highest BCUT2D eigenvalue weighted by atomic mass is 19.4. The number of halogens is 17. The number of rotatable bonds is 7. The lowest BCUT2D eigenvalue weighted by atomic mass is 9.88.